The van der Waals surface area contributed by atoms with Crippen molar-refractivity contribution < 1.29 is 29.3 Å². The molecule has 0 radical (unpaired) electrons. The van der Waals surface area contributed by atoms with Crippen molar-refractivity contribution in [3.8, 4) is 0 Å². The molecule has 4 aliphatic carbocycles. The van der Waals surface area contributed by atoms with Gasteiger partial charge in [0.2, 0.25) is 5.78 Å². The van der Waals surface area contributed by atoms with Crippen LogP contribution in [0.25, 0.3) is 0 Å². The first kappa shape index (κ1) is 25.3. The zero-order valence-corrected chi connectivity index (χ0v) is 20.9. The minimum absolute atomic E-state index is 0.00237. The van der Waals surface area contributed by atoms with Crippen LogP contribution in [0.4, 0.5) is 0 Å². The molecule has 0 heterocycles. The molecule has 0 bridgehead atoms. The Bertz CT molecular complexity index is 922. The summed E-state index contributed by atoms with van der Waals surface area (Å²) in [5, 5.41) is 23.1. The van der Waals surface area contributed by atoms with E-state index in [2.05, 4.69) is 6.92 Å². The van der Waals surface area contributed by atoms with Crippen LogP contribution in [0.15, 0.2) is 23.8 Å². The number of carbonyl (C=O) groups excluding carboxylic acids is 3. The van der Waals surface area contributed by atoms with E-state index in [-0.39, 0.29) is 35.5 Å². The zero-order chi connectivity index (χ0) is 24.9. The van der Waals surface area contributed by atoms with Crippen molar-refractivity contribution in [3.05, 3.63) is 23.8 Å². The number of hydrogen-bond donors (Lipinski definition) is 2. The first-order valence-electron chi connectivity index (χ1n) is 12.8. The summed E-state index contributed by atoms with van der Waals surface area (Å²) in [7, 11) is 0. The molecule has 3 fully saturated rings. The average molecular weight is 474 g/mol. The molecule has 0 aromatic rings. The maximum atomic E-state index is 13.3. The van der Waals surface area contributed by atoms with E-state index in [9.17, 15) is 24.6 Å². The van der Waals surface area contributed by atoms with E-state index >= 15 is 0 Å². The minimum Gasteiger partial charge on any atom is -0.457 e. The summed E-state index contributed by atoms with van der Waals surface area (Å²) in [6, 6.07) is 0. The fourth-order valence-corrected chi connectivity index (χ4v) is 7.73. The van der Waals surface area contributed by atoms with Gasteiger partial charge in [-0.25, -0.2) is 0 Å². The number of rotatable bonds is 7. The van der Waals surface area contributed by atoms with Gasteiger partial charge in [0.05, 0.1) is 12.6 Å². The Labute approximate surface area is 202 Å². The zero-order valence-electron chi connectivity index (χ0n) is 20.9. The quantitative estimate of drug-likeness (QED) is 0.547. The fourth-order valence-electron chi connectivity index (χ4n) is 7.73. The number of hydrogen-bond acceptors (Lipinski definition) is 7. The van der Waals surface area contributed by atoms with Crippen LogP contribution in [-0.2, 0) is 19.1 Å². The van der Waals surface area contributed by atoms with Crippen molar-refractivity contribution in [2.24, 2.45) is 28.6 Å². The van der Waals surface area contributed by atoms with Crippen LogP contribution in [0.1, 0.15) is 59.8 Å². The van der Waals surface area contributed by atoms with E-state index in [4.69, 9.17) is 4.74 Å². The van der Waals surface area contributed by atoms with Gasteiger partial charge < -0.3 is 14.9 Å². The predicted octanol–water partition coefficient (Wildman–Crippen LogP) is 2.45. The largest absolute Gasteiger partial charge is 0.457 e. The summed E-state index contributed by atoms with van der Waals surface area (Å²) < 4.78 is 5.27. The van der Waals surface area contributed by atoms with Gasteiger partial charge >= 0.3 is 5.97 Å². The molecule has 3 saturated carbocycles. The van der Waals surface area contributed by atoms with Crippen LogP contribution in [0.3, 0.4) is 0 Å². The second-order valence-corrected chi connectivity index (χ2v) is 11.2. The van der Waals surface area contributed by atoms with Gasteiger partial charge in [0, 0.05) is 16.7 Å². The molecule has 2 N–H and O–H groups in total. The van der Waals surface area contributed by atoms with E-state index in [1.807, 2.05) is 31.7 Å². The predicted molar refractivity (Wildman–Crippen MR) is 127 cm³/mol. The first-order valence-corrected chi connectivity index (χ1v) is 12.8. The van der Waals surface area contributed by atoms with Crippen molar-refractivity contribution in [2.75, 3.05) is 26.2 Å². The maximum Gasteiger partial charge on any atom is 0.320 e. The molecule has 4 rings (SSSR count). The summed E-state index contributed by atoms with van der Waals surface area (Å²) in [5.41, 5.74) is -1.73. The van der Waals surface area contributed by atoms with E-state index < -0.39 is 35.5 Å². The van der Waals surface area contributed by atoms with Gasteiger partial charge in [-0.3, -0.25) is 19.3 Å². The molecule has 0 aromatic carbocycles. The van der Waals surface area contributed by atoms with Gasteiger partial charge in [-0.05, 0) is 69.2 Å². The van der Waals surface area contributed by atoms with Gasteiger partial charge in [0.15, 0.2) is 12.4 Å². The Morgan fingerprint density at radius 1 is 1.21 bits per heavy atom. The Morgan fingerprint density at radius 3 is 2.59 bits per heavy atom. The highest BCUT2D eigenvalue weighted by atomic mass is 16.5. The second-order valence-electron chi connectivity index (χ2n) is 11.2. The van der Waals surface area contributed by atoms with Gasteiger partial charge in [0.1, 0.15) is 5.60 Å². The van der Waals surface area contributed by atoms with E-state index in [0.717, 1.165) is 18.4 Å². The summed E-state index contributed by atoms with van der Waals surface area (Å²) in [6.07, 6.45) is 7.48. The average Bonchev–Trinajstić information content (AvgIpc) is 3.07. The normalized spacial score (nSPS) is 40.9. The Kier molecular flexibility index (Phi) is 6.68. The number of ketones is 2. The van der Waals surface area contributed by atoms with Crippen LogP contribution >= 0.6 is 0 Å². The first-order chi connectivity index (χ1) is 16.0. The molecule has 188 valence electrons. The van der Waals surface area contributed by atoms with Crippen molar-refractivity contribution in [1.82, 2.24) is 4.90 Å². The Balaban J connectivity index is 1.52. The van der Waals surface area contributed by atoms with Gasteiger partial charge in [0.25, 0.3) is 0 Å². The standard InChI is InChI=1S/C27H39NO6/c1-5-28(6-2)15-23(32)34-16-22(31)27(33)12-10-20-19-8-7-17-13-18(29)9-11-25(17,3)24(19)21(30)14-26(20,27)4/h9,11,13,19-21,24,30,33H,5-8,10,12,14-16H2,1-4H3. The van der Waals surface area contributed by atoms with E-state index in [1.165, 1.54) is 0 Å². The molecule has 4 aliphatic rings. The molecule has 7 heteroatoms. The molecular weight excluding hydrogens is 434 g/mol. The SMILES string of the molecule is CCN(CC)CC(=O)OCC(=O)C1(O)CCC2C3CCC4=CC(=O)C=CC4(C)C3C(O)CC21C. The monoisotopic (exact) mass is 473 g/mol. The van der Waals surface area contributed by atoms with Gasteiger partial charge in [-0.1, -0.05) is 39.3 Å². The van der Waals surface area contributed by atoms with Gasteiger partial charge in [-0.2, -0.15) is 0 Å². The number of carbonyl (C=O) groups is 3. The maximum absolute atomic E-state index is 13.3. The number of fused-ring (bicyclic) bond motifs is 5. The highest BCUT2D eigenvalue weighted by Crippen LogP contribution is 2.67. The highest BCUT2D eigenvalue weighted by Gasteiger charge is 2.68. The molecule has 7 unspecified atom stereocenters. The lowest BCUT2D eigenvalue weighted by molar-refractivity contribution is -0.181. The van der Waals surface area contributed by atoms with Crippen LogP contribution in [0.5, 0.6) is 0 Å². The molecule has 7 nitrogen and oxygen atoms in total. The van der Waals surface area contributed by atoms with Crippen molar-refractivity contribution in [1.29, 1.82) is 0 Å². The number of likely N-dealkylation sites (N-methyl/N-ethyl adjacent to an activating group) is 1. The third kappa shape index (κ3) is 3.80. The van der Waals surface area contributed by atoms with Crippen molar-refractivity contribution >= 4 is 17.5 Å². The number of nitrogens with zero attached hydrogens (tertiary/aromatic N) is 1. The number of Topliss-reactive ketones (excluding diaryl/α,β-unsaturated/α-hetero) is 1. The lowest BCUT2D eigenvalue weighted by atomic mass is 9.46. The van der Waals surface area contributed by atoms with Crippen molar-refractivity contribution in [3.63, 3.8) is 0 Å². The molecule has 7 atom stereocenters. The number of allylic oxidation sites excluding steroid dienone is 4. The fraction of sp³-hybridized carbons (Fsp3) is 0.741. The highest BCUT2D eigenvalue weighted by molar-refractivity contribution is 6.01. The molecule has 0 spiro atoms. The van der Waals surface area contributed by atoms with Gasteiger partial charge in [-0.15, -0.1) is 0 Å². The smallest absolute Gasteiger partial charge is 0.320 e. The van der Waals surface area contributed by atoms with Crippen LogP contribution in [-0.4, -0.2) is 70.6 Å². The number of ether oxygens (including phenoxy) is 1. The lowest BCUT2D eigenvalue weighted by Crippen LogP contribution is -2.61. The molecular formula is C27H39NO6. The summed E-state index contributed by atoms with van der Waals surface area (Å²) in [4.78, 5) is 39.4. The number of aliphatic hydroxyl groups is 2. The summed E-state index contributed by atoms with van der Waals surface area (Å²) >= 11 is 0. The third-order valence-corrected chi connectivity index (χ3v) is 9.72. The number of esters is 1. The number of aliphatic hydroxyl groups excluding tert-OH is 1. The van der Waals surface area contributed by atoms with E-state index in [1.54, 1.807) is 12.2 Å². The molecule has 0 amide bonds. The van der Waals surface area contributed by atoms with Crippen molar-refractivity contribution in [2.45, 2.75) is 71.5 Å². The topological polar surface area (TPSA) is 104 Å². The Hall–Kier alpha value is -1.83. The second kappa shape index (κ2) is 8.99. The molecule has 0 aliphatic heterocycles. The van der Waals surface area contributed by atoms with Crippen LogP contribution in [0.2, 0.25) is 0 Å². The molecule has 0 aromatic heterocycles. The van der Waals surface area contributed by atoms with Crippen LogP contribution < -0.4 is 0 Å². The molecule has 34 heavy (non-hydrogen) atoms. The summed E-state index contributed by atoms with van der Waals surface area (Å²) in [5.74, 6) is -0.785. The molecule has 0 saturated heterocycles. The summed E-state index contributed by atoms with van der Waals surface area (Å²) in [6.45, 7) is 9.03. The Morgan fingerprint density at radius 2 is 1.91 bits per heavy atom. The van der Waals surface area contributed by atoms with Crippen LogP contribution in [0, 0.1) is 28.6 Å². The minimum atomic E-state index is -1.63. The van der Waals surface area contributed by atoms with E-state index in [0.29, 0.717) is 32.4 Å². The lowest BCUT2D eigenvalue weighted by Gasteiger charge is -2.59. The third-order valence-electron chi connectivity index (χ3n) is 9.72.